The van der Waals surface area contributed by atoms with Crippen molar-refractivity contribution in [3.8, 4) is 11.4 Å². The average Bonchev–Trinajstić information content (AvgIpc) is 3.46. The summed E-state index contributed by atoms with van der Waals surface area (Å²) in [7, 11) is 0. The Labute approximate surface area is 179 Å². The summed E-state index contributed by atoms with van der Waals surface area (Å²) in [4.78, 5) is 15.0. The zero-order chi connectivity index (χ0) is 21.2. The highest BCUT2D eigenvalue weighted by atomic mass is 16.5. The molecule has 1 unspecified atom stereocenters. The van der Waals surface area contributed by atoms with Crippen LogP contribution in [-0.2, 0) is 11.3 Å². The number of anilines is 2. The minimum absolute atomic E-state index is 0.262. The highest BCUT2D eigenvalue weighted by Crippen LogP contribution is 2.34. The van der Waals surface area contributed by atoms with E-state index >= 15 is 0 Å². The number of para-hydroxylation sites is 2. The molecule has 2 aromatic carbocycles. The fourth-order valence-corrected chi connectivity index (χ4v) is 3.62. The molecule has 3 heterocycles. The number of fused-ring (bicyclic) bond motifs is 1. The van der Waals surface area contributed by atoms with Crippen LogP contribution in [0.25, 0.3) is 5.69 Å². The molecule has 4 aromatic rings. The lowest BCUT2D eigenvalue weighted by molar-refractivity contribution is -0.122. The van der Waals surface area contributed by atoms with E-state index in [4.69, 9.17) is 9.26 Å². The molecule has 1 N–H and O–H groups in total. The molecule has 0 saturated heterocycles. The molecular weight excluding hydrogens is 394 g/mol. The van der Waals surface area contributed by atoms with Crippen molar-refractivity contribution in [3.05, 3.63) is 84.4 Å². The number of nitrogens with one attached hydrogen (secondary N) is 1. The summed E-state index contributed by atoms with van der Waals surface area (Å²) in [6, 6.07) is 19.5. The third-order valence-corrected chi connectivity index (χ3v) is 5.11. The van der Waals surface area contributed by atoms with Gasteiger partial charge in [-0.05, 0) is 42.8 Å². The van der Waals surface area contributed by atoms with Crippen molar-refractivity contribution in [2.24, 2.45) is 0 Å². The van der Waals surface area contributed by atoms with Gasteiger partial charge in [-0.25, -0.2) is 4.68 Å². The van der Waals surface area contributed by atoms with Crippen LogP contribution < -0.4 is 15.0 Å². The van der Waals surface area contributed by atoms with E-state index in [2.05, 4.69) is 32.6 Å². The molecule has 1 aliphatic rings. The lowest BCUT2D eigenvalue weighted by Gasteiger charge is -2.35. The van der Waals surface area contributed by atoms with Crippen LogP contribution in [0.15, 0.2) is 77.6 Å². The Balaban J connectivity index is 1.35. The Morgan fingerprint density at radius 3 is 2.74 bits per heavy atom. The van der Waals surface area contributed by atoms with Crippen LogP contribution in [0.4, 0.5) is 11.5 Å². The molecule has 0 radical (unpaired) electrons. The molecule has 2 aromatic heterocycles. The van der Waals surface area contributed by atoms with Crippen LogP contribution >= 0.6 is 0 Å². The lowest BCUT2D eigenvalue weighted by Crippen LogP contribution is -2.46. The van der Waals surface area contributed by atoms with Crippen molar-refractivity contribution >= 4 is 17.4 Å². The number of hydrogen-bond acceptors (Lipinski definition) is 6. The average molecular weight is 415 g/mol. The summed E-state index contributed by atoms with van der Waals surface area (Å²) in [5.41, 5.74) is 3.08. The second-order valence-corrected chi connectivity index (χ2v) is 7.38. The van der Waals surface area contributed by atoms with Crippen molar-refractivity contribution < 1.29 is 14.1 Å². The van der Waals surface area contributed by atoms with Crippen LogP contribution in [0.2, 0.25) is 0 Å². The molecule has 8 nitrogen and oxygen atoms in total. The predicted octanol–water partition coefficient (Wildman–Crippen LogP) is 3.58. The maximum Gasteiger partial charge on any atom is 0.268 e. The van der Waals surface area contributed by atoms with E-state index < -0.39 is 6.10 Å². The number of aromatic nitrogens is 3. The number of benzene rings is 2. The quantitative estimate of drug-likeness (QED) is 0.536. The molecule has 31 heavy (non-hydrogen) atoms. The second-order valence-electron chi connectivity index (χ2n) is 7.38. The Kier molecular flexibility index (Phi) is 4.87. The van der Waals surface area contributed by atoms with Gasteiger partial charge in [0.1, 0.15) is 11.5 Å². The van der Waals surface area contributed by atoms with Gasteiger partial charge in [0.25, 0.3) is 5.91 Å². The molecule has 0 aliphatic carbocycles. The highest BCUT2D eigenvalue weighted by Gasteiger charge is 2.31. The molecule has 8 heteroatoms. The molecular formula is C23H21N5O3. The molecule has 0 spiro atoms. The van der Waals surface area contributed by atoms with Gasteiger partial charge in [0.2, 0.25) is 0 Å². The number of rotatable bonds is 5. The summed E-state index contributed by atoms with van der Waals surface area (Å²) in [6.45, 7) is 2.84. The SMILES string of the molecule is Cc1cc(NC(=O)C2CN(Cc3ccc(-n4cccn4)cc3)c3ccccc3O2)no1. The van der Waals surface area contributed by atoms with E-state index in [0.717, 1.165) is 16.9 Å². The van der Waals surface area contributed by atoms with E-state index in [0.29, 0.717) is 30.4 Å². The molecule has 1 aliphatic heterocycles. The molecule has 5 rings (SSSR count). The molecule has 156 valence electrons. The Morgan fingerprint density at radius 1 is 1.16 bits per heavy atom. The summed E-state index contributed by atoms with van der Waals surface area (Å²) < 4.78 is 12.8. The third-order valence-electron chi connectivity index (χ3n) is 5.11. The Bertz CT molecular complexity index is 1180. The van der Waals surface area contributed by atoms with Gasteiger partial charge in [-0.2, -0.15) is 5.10 Å². The summed E-state index contributed by atoms with van der Waals surface area (Å²) >= 11 is 0. The lowest BCUT2D eigenvalue weighted by atomic mass is 10.1. The number of aryl methyl sites for hydroxylation is 1. The first-order valence-electron chi connectivity index (χ1n) is 9.99. The number of ether oxygens (including phenoxy) is 1. The zero-order valence-corrected chi connectivity index (χ0v) is 16.9. The van der Waals surface area contributed by atoms with Crippen molar-refractivity contribution in [3.63, 3.8) is 0 Å². The van der Waals surface area contributed by atoms with E-state index in [1.54, 1.807) is 19.2 Å². The van der Waals surface area contributed by atoms with Crippen molar-refractivity contribution in [2.45, 2.75) is 19.6 Å². The van der Waals surface area contributed by atoms with Crippen molar-refractivity contribution in [1.29, 1.82) is 0 Å². The minimum Gasteiger partial charge on any atom is -0.477 e. The number of hydrogen-bond donors (Lipinski definition) is 1. The first-order valence-corrected chi connectivity index (χ1v) is 9.99. The largest absolute Gasteiger partial charge is 0.477 e. The number of carbonyl (C=O) groups is 1. The molecule has 1 atom stereocenters. The molecule has 0 saturated carbocycles. The van der Waals surface area contributed by atoms with Crippen molar-refractivity contribution in [2.75, 3.05) is 16.8 Å². The van der Waals surface area contributed by atoms with Crippen LogP contribution in [0.3, 0.4) is 0 Å². The minimum atomic E-state index is -0.671. The maximum absolute atomic E-state index is 12.8. The Hall–Kier alpha value is -4.07. The zero-order valence-electron chi connectivity index (χ0n) is 16.9. The van der Waals surface area contributed by atoms with Gasteiger partial charge in [-0.15, -0.1) is 0 Å². The molecule has 0 bridgehead atoms. The van der Waals surface area contributed by atoms with Crippen LogP contribution in [0.5, 0.6) is 5.75 Å². The van der Waals surface area contributed by atoms with Gasteiger partial charge in [0, 0.05) is 25.0 Å². The van der Waals surface area contributed by atoms with E-state index in [1.165, 1.54) is 0 Å². The van der Waals surface area contributed by atoms with Gasteiger partial charge in [0.05, 0.1) is 17.9 Å². The van der Waals surface area contributed by atoms with Crippen LogP contribution in [0, 0.1) is 6.92 Å². The summed E-state index contributed by atoms with van der Waals surface area (Å²) in [5.74, 6) is 1.43. The normalized spacial score (nSPS) is 15.3. The number of nitrogens with zero attached hydrogens (tertiary/aromatic N) is 4. The number of amides is 1. The first kappa shape index (κ1) is 18.9. The topological polar surface area (TPSA) is 85.4 Å². The van der Waals surface area contributed by atoms with E-state index in [9.17, 15) is 4.79 Å². The predicted molar refractivity (Wildman–Crippen MR) is 115 cm³/mol. The third kappa shape index (κ3) is 4.00. The van der Waals surface area contributed by atoms with Gasteiger partial charge in [-0.3, -0.25) is 4.79 Å². The fraction of sp³-hybridized carbons (Fsp3) is 0.174. The fourth-order valence-electron chi connectivity index (χ4n) is 3.62. The van der Waals surface area contributed by atoms with Gasteiger partial charge < -0.3 is 19.5 Å². The monoisotopic (exact) mass is 415 g/mol. The van der Waals surface area contributed by atoms with Gasteiger partial charge in [0.15, 0.2) is 11.9 Å². The van der Waals surface area contributed by atoms with Crippen molar-refractivity contribution in [1.82, 2.24) is 14.9 Å². The molecule has 0 fully saturated rings. The van der Waals surface area contributed by atoms with E-state index in [1.807, 2.05) is 53.3 Å². The highest BCUT2D eigenvalue weighted by molar-refractivity contribution is 5.94. The van der Waals surface area contributed by atoms with Crippen LogP contribution in [0.1, 0.15) is 11.3 Å². The summed E-state index contributed by atoms with van der Waals surface area (Å²) in [6.07, 6.45) is 2.99. The first-order chi connectivity index (χ1) is 15.2. The summed E-state index contributed by atoms with van der Waals surface area (Å²) in [5, 5.41) is 10.9. The standard InChI is InChI=1S/C23H21N5O3/c1-16-13-22(26-31-16)25-23(29)21-15-27(19-5-2-3-6-20(19)30-21)14-17-7-9-18(10-8-17)28-12-4-11-24-28/h2-13,21H,14-15H2,1H3,(H,25,26,29). The van der Waals surface area contributed by atoms with Gasteiger partial charge >= 0.3 is 0 Å². The smallest absolute Gasteiger partial charge is 0.268 e. The Morgan fingerprint density at radius 2 is 2.00 bits per heavy atom. The maximum atomic E-state index is 12.8. The molecule has 1 amide bonds. The van der Waals surface area contributed by atoms with Gasteiger partial charge in [-0.1, -0.05) is 29.4 Å². The second kappa shape index (κ2) is 7.98. The number of carbonyl (C=O) groups excluding carboxylic acids is 1. The van der Waals surface area contributed by atoms with E-state index in [-0.39, 0.29) is 5.91 Å². The van der Waals surface area contributed by atoms with Crippen LogP contribution in [-0.4, -0.2) is 33.5 Å².